The lowest BCUT2D eigenvalue weighted by atomic mass is 9.81. The molecular weight excluding hydrogens is 212 g/mol. The fourth-order valence-corrected chi connectivity index (χ4v) is 2.75. The molecule has 2 aromatic rings. The zero-order valence-electron chi connectivity index (χ0n) is 9.52. The van der Waals surface area contributed by atoms with Gasteiger partial charge in [0.25, 0.3) is 0 Å². The van der Waals surface area contributed by atoms with E-state index < -0.39 is 5.97 Å². The van der Waals surface area contributed by atoms with Crippen LogP contribution in [-0.2, 0) is 11.2 Å². The molecule has 2 aromatic carbocycles. The molecule has 17 heavy (non-hydrogen) atoms. The molecule has 0 amide bonds. The number of hydrogen-bond donors (Lipinski definition) is 1. The van der Waals surface area contributed by atoms with Crippen LogP contribution in [0.15, 0.2) is 36.4 Å². The summed E-state index contributed by atoms with van der Waals surface area (Å²) < 4.78 is 0. The van der Waals surface area contributed by atoms with Gasteiger partial charge in [0.15, 0.2) is 0 Å². The van der Waals surface area contributed by atoms with Gasteiger partial charge in [-0.05, 0) is 41.2 Å². The van der Waals surface area contributed by atoms with E-state index in [1.807, 2.05) is 18.2 Å². The standard InChI is InChI=1S/C15H14O2/c16-15(17)13-7-3-6-12-8-10-4-1-2-5-11(10)9-14(12)13/h1-2,4-5,8-9,13H,3,6-7H2,(H,16,17). The second-order valence-electron chi connectivity index (χ2n) is 4.68. The second kappa shape index (κ2) is 3.88. The van der Waals surface area contributed by atoms with Gasteiger partial charge in [-0.25, -0.2) is 0 Å². The Morgan fingerprint density at radius 2 is 1.88 bits per heavy atom. The van der Waals surface area contributed by atoms with Gasteiger partial charge in [0.1, 0.15) is 0 Å². The summed E-state index contributed by atoms with van der Waals surface area (Å²) in [6.07, 6.45) is 2.74. The van der Waals surface area contributed by atoms with E-state index in [4.69, 9.17) is 0 Å². The maximum atomic E-state index is 11.3. The smallest absolute Gasteiger partial charge is 0.310 e. The van der Waals surface area contributed by atoms with Crippen molar-refractivity contribution in [3.63, 3.8) is 0 Å². The summed E-state index contributed by atoms with van der Waals surface area (Å²) in [4.78, 5) is 11.3. The lowest BCUT2D eigenvalue weighted by Gasteiger charge is -2.23. The van der Waals surface area contributed by atoms with Gasteiger partial charge in [-0.3, -0.25) is 4.79 Å². The first-order valence-corrected chi connectivity index (χ1v) is 6.00. The molecule has 2 heteroatoms. The topological polar surface area (TPSA) is 37.3 Å². The Morgan fingerprint density at radius 3 is 2.59 bits per heavy atom. The Labute approximate surface area is 99.9 Å². The Morgan fingerprint density at radius 1 is 1.18 bits per heavy atom. The molecule has 2 nitrogen and oxygen atoms in total. The first kappa shape index (κ1) is 10.3. The third-order valence-corrected chi connectivity index (χ3v) is 3.62. The zero-order valence-corrected chi connectivity index (χ0v) is 9.52. The first-order valence-electron chi connectivity index (χ1n) is 6.00. The van der Waals surface area contributed by atoms with Gasteiger partial charge >= 0.3 is 5.97 Å². The molecule has 0 saturated heterocycles. The molecule has 0 fully saturated rings. The molecule has 1 aliphatic rings. The van der Waals surface area contributed by atoms with Crippen LogP contribution >= 0.6 is 0 Å². The average Bonchev–Trinajstić information content (AvgIpc) is 2.35. The van der Waals surface area contributed by atoms with Gasteiger partial charge in [-0.15, -0.1) is 0 Å². The minimum atomic E-state index is -0.693. The lowest BCUT2D eigenvalue weighted by molar-refractivity contribution is -0.139. The zero-order chi connectivity index (χ0) is 11.8. The highest BCUT2D eigenvalue weighted by atomic mass is 16.4. The van der Waals surface area contributed by atoms with Crippen LogP contribution in [-0.4, -0.2) is 11.1 Å². The van der Waals surface area contributed by atoms with Crippen LogP contribution in [0.4, 0.5) is 0 Å². The van der Waals surface area contributed by atoms with Crippen molar-refractivity contribution in [3.05, 3.63) is 47.5 Å². The molecule has 1 atom stereocenters. The highest BCUT2D eigenvalue weighted by Gasteiger charge is 2.26. The van der Waals surface area contributed by atoms with Crippen molar-refractivity contribution >= 4 is 16.7 Å². The SMILES string of the molecule is O=C(O)C1CCCc2cc3ccccc3cc21. The molecule has 0 radical (unpaired) electrons. The van der Waals surface area contributed by atoms with E-state index in [2.05, 4.69) is 18.2 Å². The van der Waals surface area contributed by atoms with Crippen molar-refractivity contribution in [2.75, 3.05) is 0 Å². The van der Waals surface area contributed by atoms with Crippen molar-refractivity contribution in [3.8, 4) is 0 Å². The van der Waals surface area contributed by atoms with Crippen LogP contribution in [0.5, 0.6) is 0 Å². The third kappa shape index (κ3) is 1.70. The summed E-state index contributed by atoms with van der Waals surface area (Å²) in [6.45, 7) is 0. The van der Waals surface area contributed by atoms with E-state index in [9.17, 15) is 9.90 Å². The van der Waals surface area contributed by atoms with Gasteiger partial charge in [0.05, 0.1) is 5.92 Å². The molecule has 0 saturated carbocycles. The van der Waals surface area contributed by atoms with Gasteiger partial charge in [0, 0.05) is 0 Å². The maximum absolute atomic E-state index is 11.3. The molecule has 0 heterocycles. The number of fused-ring (bicyclic) bond motifs is 2. The molecular formula is C15H14O2. The quantitative estimate of drug-likeness (QED) is 0.809. The molecule has 86 valence electrons. The Hall–Kier alpha value is -1.83. The fraction of sp³-hybridized carbons (Fsp3) is 0.267. The molecule has 3 rings (SSSR count). The van der Waals surface area contributed by atoms with Crippen LogP contribution in [0.2, 0.25) is 0 Å². The van der Waals surface area contributed by atoms with Crippen LogP contribution in [0.25, 0.3) is 10.8 Å². The maximum Gasteiger partial charge on any atom is 0.310 e. The van der Waals surface area contributed by atoms with Gasteiger partial charge in [0.2, 0.25) is 0 Å². The summed E-state index contributed by atoms with van der Waals surface area (Å²) in [7, 11) is 0. The summed E-state index contributed by atoms with van der Waals surface area (Å²) in [5.74, 6) is -1.01. The average molecular weight is 226 g/mol. The second-order valence-corrected chi connectivity index (χ2v) is 4.68. The molecule has 1 N–H and O–H groups in total. The molecule has 0 spiro atoms. The highest BCUT2D eigenvalue weighted by Crippen LogP contribution is 2.34. The highest BCUT2D eigenvalue weighted by molar-refractivity contribution is 5.87. The van der Waals surface area contributed by atoms with Crippen molar-refractivity contribution in [1.82, 2.24) is 0 Å². The van der Waals surface area contributed by atoms with Gasteiger partial charge < -0.3 is 5.11 Å². The summed E-state index contributed by atoms with van der Waals surface area (Å²) in [5, 5.41) is 11.6. The van der Waals surface area contributed by atoms with Crippen LogP contribution in [0, 0.1) is 0 Å². The number of carboxylic acid groups (broad SMARTS) is 1. The van der Waals surface area contributed by atoms with Crippen LogP contribution < -0.4 is 0 Å². The number of rotatable bonds is 1. The van der Waals surface area contributed by atoms with Crippen molar-refractivity contribution in [2.45, 2.75) is 25.2 Å². The Kier molecular flexibility index (Phi) is 2.36. The number of carbonyl (C=O) groups is 1. The normalized spacial score (nSPS) is 18.9. The Balaban J connectivity index is 2.22. The van der Waals surface area contributed by atoms with E-state index in [1.54, 1.807) is 0 Å². The predicted molar refractivity (Wildman–Crippen MR) is 67.3 cm³/mol. The van der Waals surface area contributed by atoms with Crippen LogP contribution in [0.3, 0.4) is 0 Å². The minimum absolute atomic E-state index is 0.316. The molecule has 1 unspecified atom stereocenters. The van der Waals surface area contributed by atoms with E-state index in [0.29, 0.717) is 0 Å². The largest absolute Gasteiger partial charge is 0.481 e. The Bertz CT molecular complexity index is 586. The monoisotopic (exact) mass is 226 g/mol. The van der Waals surface area contributed by atoms with Crippen molar-refractivity contribution in [2.24, 2.45) is 0 Å². The number of carboxylic acids is 1. The number of benzene rings is 2. The lowest BCUT2D eigenvalue weighted by Crippen LogP contribution is -2.17. The molecule has 0 aromatic heterocycles. The van der Waals surface area contributed by atoms with Crippen molar-refractivity contribution < 1.29 is 9.90 Å². The van der Waals surface area contributed by atoms with E-state index in [1.165, 1.54) is 10.9 Å². The molecule has 1 aliphatic carbocycles. The summed E-state index contributed by atoms with van der Waals surface area (Å²) in [6, 6.07) is 12.4. The molecule has 0 bridgehead atoms. The molecule has 0 aliphatic heterocycles. The van der Waals surface area contributed by atoms with Gasteiger partial charge in [-0.1, -0.05) is 36.4 Å². The van der Waals surface area contributed by atoms with E-state index in [0.717, 1.165) is 30.2 Å². The fourth-order valence-electron chi connectivity index (χ4n) is 2.75. The van der Waals surface area contributed by atoms with Gasteiger partial charge in [-0.2, -0.15) is 0 Å². The predicted octanol–water partition coefficient (Wildman–Crippen LogP) is 3.34. The number of hydrogen-bond acceptors (Lipinski definition) is 1. The number of aryl methyl sites for hydroxylation is 1. The van der Waals surface area contributed by atoms with E-state index in [-0.39, 0.29) is 5.92 Å². The first-order chi connectivity index (χ1) is 8.25. The minimum Gasteiger partial charge on any atom is -0.481 e. The van der Waals surface area contributed by atoms with Crippen LogP contribution in [0.1, 0.15) is 29.9 Å². The summed E-state index contributed by atoms with van der Waals surface area (Å²) in [5.41, 5.74) is 2.23. The number of aliphatic carboxylic acids is 1. The summed E-state index contributed by atoms with van der Waals surface area (Å²) >= 11 is 0. The van der Waals surface area contributed by atoms with Crippen molar-refractivity contribution in [1.29, 1.82) is 0 Å². The van der Waals surface area contributed by atoms with E-state index >= 15 is 0 Å². The third-order valence-electron chi connectivity index (χ3n) is 3.62.